The maximum Gasteiger partial charge on any atom is 0.228 e. The molecule has 0 saturated carbocycles. The zero-order chi connectivity index (χ0) is 12.1. The van der Waals surface area contributed by atoms with Crippen LogP contribution in [-0.4, -0.2) is 65.8 Å². The molecule has 6 heteroatoms. The average Bonchev–Trinajstić information content (AvgIpc) is 2.28. The normalized spacial score (nSPS) is 39.9. The van der Waals surface area contributed by atoms with Gasteiger partial charge in [-0.1, -0.05) is 0 Å². The Balaban J connectivity index is 2.78. The highest BCUT2D eigenvalue weighted by atomic mass is 19.1. The van der Waals surface area contributed by atoms with Gasteiger partial charge in [-0.25, -0.2) is 4.39 Å². The van der Waals surface area contributed by atoms with Crippen LogP contribution in [0.25, 0.3) is 0 Å². The van der Waals surface area contributed by atoms with Crippen molar-refractivity contribution in [2.75, 3.05) is 35.0 Å². The fourth-order valence-electron chi connectivity index (χ4n) is 1.96. The van der Waals surface area contributed by atoms with Crippen molar-refractivity contribution in [3.8, 4) is 0 Å². The molecule has 96 valence electrons. The fraction of sp³-hybridized carbons (Fsp3) is 1.00. The van der Waals surface area contributed by atoms with Crippen LogP contribution in [0.3, 0.4) is 0 Å². The second kappa shape index (κ2) is 6.46. The molecule has 1 rings (SSSR count). The molecule has 1 aliphatic heterocycles. The summed E-state index contributed by atoms with van der Waals surface area (Å²) in [6, 6.07) is 0. The van der Waals surface area contributed by atoms with Gasteiger partial charge in [0.1, 0.15) is 24.4 Å². The highest BCUT2D eigenvalue weighted by molar-refractivity contribution is 4.91. The van der Waals surface area contributed by atoms with Crippen molar-refractivity contribution in [1.82, 2.24) is 0 Å². The molecule has 0 N–H and O–H groups in total. The summed E-state index contributed by atoms with van der Waals surface area (Å²) in [6.07, 6.45) is -3.76. The first-order valence-electron chi connectivity index (χ1n) is 5.06. The van der Waals surface area contributed by atoms with Gasteiger partial charge in [0, 0.05) is 28.4 Å². The molecule has 1 heterocycles. The first kappa shape index (κ1) is 13.8. The Morgan fingerprint density at radius 3 is 1.94 bits per heavy atom. The second-order valence-electron chi connectivity index (χ2n) is 3.58. The van der Waals surface area contributed by atoms with E-state index < -0.39 is 30.8 Å². The standard InChI is InChI=1S/C10H19FO5/c1-12-5-6-7(13-2)8(14-3)9(15-4)10(11)16-6/h6-10H,5H2,1-4H3/t6-,7-,8+,9-,10+/m1/s1. The molecule has 0 aliphatic carbocycles. The molecule has 16 heavy (non-hydrogen) atoms. The van der Waals surface area contributed by atoms with E-state index in [1.54, 1.807) is 0 Å². The SMILES string of the molecule is COC[C@H]1O[C@H](F)[C@H](OC)[C@@H](OC)[C@@H]1OC. The summed E-state index contributed by atoms with van der Waals surface area (Å²) < 4.78 is 39.2. The molecule has 1 fully saturated rings. The highest BCUT2D eigenvalue weighted by Crippen LogP contribution is 2.27. The van der Waals surface area contributed by atoms with Crippen molar-refractivity contribution in [2.24, 2.45) is 0 Å². The lowest BCUT2D eigenvalue weighted by atomic mass is 9.99. The van der Waals surface area contributed by atoms with Crippen LogP contribution < -0.4 is 0 Å². The molecule has 0 aromatic rings. The van der Waals surface area contributed by atoms with Gasteiger partial charge in [-0.05, 0) is 0 Å². The summed E-state index contributed by atoms with van der Waals surface area (Å²) in [5.41, 5.74) is 0. The smallest absolute Gasteiger partial charge is 0.228 e. The number of rotatable bonds is 5. The molecule has 0 aromatic heterocycles. The van der Waals surface area contributed by atoms with Crippen molar-refractivity contribution in [2.45, 2.75) is 30.8 Å². The lowest BCUT2D eigenvalue weighted by Crippen LogP contribution is -2.59. The van der Waals surface area contributed by atoms with E-state index in [1.807, 2.05) is 0 Å². The van der Waals surface area contributed by atoms with Gasteiger partial charge in [-0.15, -0.1) is 0 Å². The van der Waals surface area contributed by atoms with Crippen LogP contribution in [0.4, 0.5) is 4.39 Å². The Kier molecular flexibility index (Phi) is 5.57. The summed E-state index contributed by atoms with van der Waals surface area (Å²) in [7, 11) is 5.95. The third-order valence-corrected chi connectivity index (χ3v) is 2.72. The summed E-state index contributed by atoms with van der Waals surface area (Å²) in [5, 5.41) is 0. The molecular weight excluding hydrogens is 219 g/mol. The third kappa shape index (κ3) is 2.70. The van der Waals surface area contributed by atoms with Gasteiger partial charge in [0.2, 0.25) is 6.36 Å². The number of ether oxygens (including phenoxy) is 5. The minimum Gasteiger partial charge on any atom is -0.382 e. The Morgan fingerprint density at radius 1 is 0.938 bits per heavy atom. The Labute approximate surface area is 94.8 Å². The zero-order valence-electron chi connectivity index (χ0n) is 10.0. The molecule has 0 amide bonds. The van der Waals surface area contributed by atoms with E-state index in [-0.39, 0.29) is 6.61 Å². The average molecular weight is 238 g/mol. The highest BCUT2D eigenvalue weighted by Gasteiger charge is 2.47. The van der Waals surface area contributed by atoms with Crippen LogP contribution in [0.5, 0.6) is 0 Å². The van der Waals surface area contributed by atoms with Crippen molar-refractivity contribution < 1.29 is 28.1 Å². The largest absolute Gasteiger partial charge is 0.382 e. The molecule has 5 atom stereocenters. The van der Waals surface area contributed by atoms with Crippen LogP contribution in [0.1, 0.15) is 0 Å². The summed E-state index contributed by atoms with van der Waals surface area (Å²) in [6.45, 7) is 0.245. The van der Waals surface area contributed by atoms with Crippen LogP contribution in [0.2, 0.25) is 0 Å². The molecule has 0 radical (unpaired) electrons. The van der Waals surface area contributed by atoms with E-state index in [2.05, 4.69) is 0 Å². The van der Waals surface area contributed by atoms with Gasteiger partial charge >= 0.3 is 0 Å². The van der Waals surface area contributed by atoms with E-state index in [4.69, 9.17) is 23.7 Å². The fourth-order valence-corrected chi connectivity index (χ4v) is 1.96. The van der Waals surface area contributed by atoms with E-state index >= 15 is 0 Å². The van der Waals surface area contributed by atoms with Crippen molar-refractivity contribution >= 4 is 0 Å². The van der Waals surface area contributed by atoms with Gasteiger partial charge < -0.3 is 23.7 Å². The lowest BCUT2D eigenvalue weighted by molar-refractivity contribution is -0.279. The molecule has 0 aromatic carbocycles. The number of methoxy groups -OCH3 is 4. The molecule has 1 saturated heterocycles. The lowest BCUT2D eigenvalue weighted by Gasteiger charge is -2.41. The Bertz CT molecular complexity index is 204. The van der Waals surface area contributed by atoms with E-state index in [1.165, 1.54) is 28.4 Å². The van der Waals surface area contributed by atoms with Gasteiger partial charge in [0.15, 0.2) is 0 Å². The Hall–Kier alpha value is -0.270. The number of halogens is 1. The van der Waals surface area contributed by atoms with Crippen LogP contribution in [-0.2, 0) is 23.7 Å². The molecule has 0 unspecified atom stereocenters. The minimum atomic E-state index is -1.54. The van der Waals surface area contributed by atoms with Crippen molar-refractivity contribution in [3.05, 3.63) is 0 Å². The first-order chi connectivity index (χ1) is 7.69. The quantitative estimate of drug-likeness (QED) is 0.692. The van der Waals surface area contributed by atoms with Gasteiger partial charge in [-0.2, -0.15) is 0 Å². The molecule has 1 aliphatic rings. The monoisotopic (exact) mass is 238 g/mol. The molecular formula is C10H19FO5. The van der Waals surface area contributed by atoms with Crippen LogP contribution in [0.15, 0.2) is 0 Å². The van der Waals surface area contributed by atoms with Crippen molar-refractivity contribution in [1.29, 1.82) is 0 Å². The summed E-state index contributed by atoms with van der Waals surface area (Å²) in [5.74, 6) is 0. The van der Waals surface area contributed by atoms with Crippen LogP contribution in [0, 0.1) is 0 Å². The van der Waals surface area contributed by atoms with E-state index in [9.17, 15) is 4.39 Å². The molecule has 0 bridgehead atoms. The van der Waals surface area contributed by atoms with Crippen LogP contribution >= 0.6 is 0 Å². The molecule has 5 nitrogen and oxygen atoms in total. The molecule has 0 spiro atoms. The number of alkyl halides is 1. The van der Waals surface area contributed by atoms with E-state index in [0.29, 0.717) is 0 Å². The van der Waals surface area contributed by atoms with Crippen molar-refractivity contribution in [3.63, 3.8) is 0 Å². The first-order valence-corrected chi connectivity index (χ1v) is 5.06. The minimum absolute atomic E-state index is 0.245. The van der Waals surface area contributed by atoms with Gasteiger partial charge in [0.25, 0.3) is 0 Å². The summed E-state index contributed by atoms with van der Waals surface area (Å²) >= 11 is 0. The predicted octanol–water partition coefficient (Wildman–Crippen LogP) is 0.372. The van der Waals surface area contributed by atoms with Gasteiger partial charge in [-0.3, -0.25) is 0 Å². The maximum absolute atomic E-state index is 13.6. The maximum atomic E-state index is 13.6. The van der Waals surface area contributed by atoms with E-state index in [0.717, 1.165) is 0 Å². The Morgan fingerprint density at radius 2 is 1.50 bits per heavy atom. The third-order valence-electron chi connectivity index (χ3n) is 2.72. The summed E-state index contributed by atoms with van der Waals surface area (Å²) in [4.78, 5) is 0. The predicted molar refractivity (Wildman–Crippen MR) is 54.0 cm³/mol. The zero-order valence-corrected chi connectivity index (χ0v) is 10.0. The second-order valence-corrected chi connectivity index (χ2v) is 3.58. The topological polar surface area (TPSA) is 46.2 Å². The van der Waals surface area contributed by atoms with Gasteiger partial charge in [0.05, 0.1) is 6.61 Å². The number of hydrogen-bond acceptors (Lipinski definition) is 5. The number of hydrogen-bond donors (Lipinski definition) is 0.